The summed E-state index contributed by atoms with van der Waals surface area (Å²) in [5.41, 5.74) is 1.67. The number of nitrogens with zero attached hydrogens (tertiary/aromatic N) is 2. The van der Waals surface area contributed by atoms with Crippen LogP contribution in [0.5, 0.6) is 0 Å². The van der Waals surface area contributed by atoms with E-state index in [0.717, 1.165) is 28.6 Å². The van der Waals surface area contributed by atoms with Crippen LogP contribution in [-0.2, 0) is 10.2 Å². The number of anilines is 1. The molecule has 0 spiro atoms. The van der Waals surface area contributed by atoms with Crippen molar-refractivity contribution in [3.05, 3.63) is 28.2 Å². The van der Waals surface area contributed by atoms with E-state index in [1.807, 2.05) is 25.1 Å². The molecule has 6 heteroatoms. The van der Waals surface area contributed by atoms with Gasteiger partial charge in [0.25, 0.3) is 0 Å². The summed E-state index contributed by atoms with van der Waals surface area (Å²) in [5.74, 6) is 0. The second-order valence-electron chi connectivity index (χ2n) is 4.51. The molecule has 0 aromatic heterocycles. The Balaban J connectivity index is 2.32. The van der Waals surface area contributed by atoms with Gasteiger partial charge >= 0.3 is 10.2 Å². The summed E-state index contributed by atoms with van der Waals surface area (Å²) in [5, 5.41) is 0. The molecule has 4 nitrogen and oxygen atoms in total. The van der Waals surface area contributed by atoms with Crippen LogP contribution in [-0.4, -0.2) is 32.9 Å². The average molecular weight is 333 g/mol. The predicted molar refractivity (Wildman–Crippen MR) is 77.0 cm³/mol. The normalized spacial score (nSPS) is 17.1. The van der Waals surface area contributed by atoms with Crippen LogP contribution in [0, 0.1) is 6.92 Å². The first-order valence-corrected chi connectivity index (χ1v) is 8.12. The Hall–Kier alpha value is -0.590. The number of aryl methyl sites for hydroxylation is 1. The molecule has 0 N–H and O–H groups in total. The largest absolute Gasteiger partial charge is 0.303 e. The highest BCUT2D eigenvalue weighted by Crippen LogP contribution is 2.27. The molecule has 1 fully saturated rings. The van der Waals surface area contributed by atoms with Gasteiger partial charge in [0.15, 0.2) is 0 Å². The minimum absolute atomic E-state index is 0.627. The molecule has 100 valence electrons. The van der Waals surface area contributed by atoms with Gasteiger partial charge < -0.3 is 0 Å². The summed E-state index contributed by atoms with van der Waals surface area (Å²) in [4.78, 5) is 0. The number of hydrogen-bond acceptors (Lipinski definition) is 2. The summed E-state index contributed by atoms with van der Waals surface area (Å²) in [6.45, 7) is 3.17. The van der Waals surface area contributed by atoms with E-state index in [9.17, 15) is 8.42 Å². The van der Waals surface area contributed by atoms with Crippen molar-refractivity contribution in [2.24, 2.45) is 0 Å². The van der Waals surface area contributed by atoms with Crippen LogP contribution in [0.2, 0.25) is 0 Å². The minimum Gasteiger partial charge on any atom is -0.260 e. The quantitative estimate of drug-likeness (QED) is 0.853. The molecule has 1 aromatic rings. The van der Waals surface area contributed by atoms with Crippen LogP contribution >= 0.6 is 15.9 Å². The number of halogens is 1. The molecule has 0 radical (unpaired) electrons. The van der Waals surface area contributed by atoms with Crippen LogP contribution < -0.4 is 4.31 Å². The van der Waals surface area contributed by atoms with E-state index in [2.05, 4.69) is 15.9 Å². The second-order valence-corrected chi connectivity index (χ2v) is 7.39. The highest BCUT2D eigenvalue weighted by Gasteiger charge is 2.30. The lowest BCUT2D eigenvalue weighted by molar-refractivity contribution is 0.476. The zero-order valence-electron chi connectivity index (χ0n) is 10.6. The monoisotopic (exact) mass is 332 g/mol. The van der Waals surface area contributed by atoms with E-state index in [1.54, 1.807) is 11.4 Å². The Morgan fingerprint density at radius 1 is 1.28 bits per heavy atom. The zero-order chi connectivity index (χ0) is 13.3. The zero-order valence-corrected chi connectivity index (χ0v) is 13.0. The van der Waals surface area contributed by atoms with E-state index < -0.39 is 10.2 Å². The second kappa shape index (κ2) is 5.19. The van der Waals surface area contributed by atoms with Gasteiger partial charge in [-0.2, -0.15) is 12.7 Å². The maximum absolute atomic E-state index is 12.4. The Bertz CT molecular complexity index is 539. The van der Waals surface area contributed by atoms with Gasteiger partial charge in [-0.05, 0) is 43.5 Å². The molecule has 0 saturated carbocycles. The Kier molecular flexibility index (Phi) is 3.99. The molecule has 1 aliphatic rings. The number of benzene rings is 1. The third-order valence-electron chi connectivity index (χ3n) is 3.24. The Morgan fingerprint density at radius 3 is 2.44 bits per heavy atom. The van der Waals surface area contributed by atoms with Crippen LogP contribution in [0.4, 0.5) is 5.69 Å². The molecule has 0 aliphatic carbocycles. The average Bonchev–Trinajstić information content (AvgIpc) is 2.82. The molecule has 2 rings (SSSR count). The van der Waals surface area contributed by atoms with Crippen LogP contribution in [0.25, 0.3) is 0 Å². The molecule has 1 heterocycles. The molecular formula is C12H17BrN2O2S. The minimum atomic E-state index is -3.38. The van der Waals surface area contributed by atoms with Gasteiger partial charge in [-0.1, -0.05) is 15.9 Å². The molecule has 0 atom stereocenters. The molecule has 1 aromatic carbocycles. The van der Waals surface area contributed by atoms with Gasteiger partial charge in [0.1, 0.15) is 0 Å². The molecule has 0 unspecified atom stereocenters. The lowest BCUT2D eigenvalue weighted by atomic mass is 10.2. The molecule has 1 aliphatic heterocycles. The van der Waals surface area contributed by atoms with Gasteiger partial charge in [0, 0.05) is 24.6 Å². The van der Waals surface area contributed by atoms with E-state index in [-0.39, 0.29) is 0 Å². The van der Waals surface area contributed by atoms with Crippen LogP contribution in [0.3, 0.4) is 0 Å². The number of rotatable bonds is 3. The Labute approximate surface area is 117 Å². The first-order chi connectivity index (χ1) is 8.43. The smallest absolute Gasteiger partial charge is 0.260 e. The van der Waals surface area contributed by atoms with E-state index in [1.165, 1.54) is 4.31 Å². The Morgan fingerprint density at radius 2 is 1.89 bits per heavy atom. The first kappa shape index (κ1) is 13.8. The standard InChI is InChI=1S/C12H17BrN2O2S/c1-10-9-11(13)5-6-12(10)14(2)18(16,17)15-7-3-4-8-15/h5-6,9H,3-4,7-8H2,1-2H3. The van der Waals surface area contributed by atoms with Crippen molar-refractivity contribution in [1.82, 2.24) is 4.31 Å². The summed E-state index contributed by atoms with van der Waals surface area (Å²) >= 11 is 3.38. The van der Waals surface area contributed by atoms with E-state index in [4.69, 9.17) is 0 Å². The van der Waals surface area contributed by atoms with Crippen LogP contribution in [0.1, 0.15) is 18.4 Å². The van der Waals surface area contributed by atoms with Crippen molar-refractivity contribution >= 4 is 31.8 Å². The highest BCUT2D eigenvalue weighted by atomic mass is 79.9. The fourth-order valence-electron chi connectivity index (χ4n) is 2.19. The van der Waals surface area contributed by atoms with Crippen molar-refractivity contribution in [3.63, 3.8) is 0 Å². The SMILES string of the molecule is Cc1cc(Br)ccc1N(C)S(=O)(=O)N1CCCC1. The van der Waals surface area contributed by atoms with Gasteiger partial charge in [-0.25, -0.2) is 0 Å². The molecule has 0 bridgehead atoms. The lowest BCUT2D eigenvalue weighted by Gasteiger charge is -2.26. The highest BCUT2D eigenvalue weighted by molar-refractivity contribution is 9.10. The maximum atomic E-state index is 12.4. The molecule has 0 amide bonds. The summed E-state index contributed by atoms with van der Waals surface area (Å²) < 4.78 is 28.7. The van der Waals surface area contributed by atoms with E-state index >= 15 is 0 Å². The maximum Gasteiger partial charge on any atom is 0.303 e. The first-order valence-electron chi connectivity index (χ1n) is 5.93. The summed E-state index contributed by atoms with van der Waals surface area (Å²) in [6.07, 6.45) is 1.90. The van der Waals surface area contributed by atoms with Gasteiger partial charge in [0.05, 0.1) is 5.69 Å². The summed E-state index contributed by atoms with van der Waals surface area (Å²) in [6, 6.07) is 5.61. The van der Waals surface area contributed by atoms with Crippen LogP contribution in [0.15, 0.2) is 22.7 Å². The van der Waals surface area contributed by atoms with E-state index in [0.29, 0.717) is 13.1 Å². The lowest BCUT2D eigenvalue weighted by Crippen LogP contribution is -2.40. The number of hydrogen-bond donors (Lipinski definition) is 0. The van der Waals surface area contributed by atoms with Crippen molar-refractivity contribution in [1.29, 1.82) is 0 Å². The van der Waals surface area contributed by atoms with Crippen molar-refractivity contribution in [2.75, 3.05) is 24.4 Å². The molecular weight excluding hydrogens is 316 g/mol. The fraction of sp³-hybridized carbons (Fsp3) is 0.500. The van der Waals surface area contributed by atoms with Gasteiger partial charge in [-0.3, -0.25) is 4.31 Å². The van der Waals surface area contributed by atoms with Crippen molar-refractivity contribution in [2.45, 2.75) is 19.8 Å². The van der Waals surface area contributed by atoms with Crippen molar-refractivity contribution in [3.8, 4) is 0 Å². The third-order valence-corrected chi connectivity index (χ3v) is 5.64. The topological polar surface area (TPSA) is 40.6 Å². The van der Waals surface area contributed by atoms with Crippen molar-refractivity contribution < 1.29 is 8.42 Å². The molecule has 1 saturated heterocycles. The fourth-order valence-corrected chi connectivity index (χ4v) is 4.18. The third kappa shape index (κ3) is 2.55. The predicted octanol–water partition coefficient (Wildman–Crippen LogP) is 2.53. The molecule has 18 heavy (non-hydrogen) atoms. The van der Waals surface area contributed by atoms with Gasteiger partial charge in [-0.15, -0.1) is 0 Å². The van der Waals surface area contributed by atoms with Gasteiger partial charge in [0.2, 0.25) is 0 Å². The summed E-state index contributed by atoms with van der Waals surface area (Å²) in [7, 11) is -1.76.